The van der Waals surface area contributed by atoms with E-state index in [-0.39, 0.29) is 0 Å². The fourth-order valence-electron chi connectivity index (χ4n) is 1.85. The Kier molecular flexibility index (Phi) is 6.23. The standard InChI is InChI=1S/C18H10N8/c19-9-17(10-20)25-23-15-5-1-13(2-6-15)14-3-7-16(8-4-14)24-26-18(11-21)12-22/h1-8,17-18H. The van der Waals surface area contributed by atoms with Crippen LogP contribution in [0.5, 0.6) is 0 Å². The van der Waals surface area contributed by atoms with Crippen LogP contribution in [-0.2, 0) is 0 Å². The van der Waals surface area contributed by atoms with Crippen molar-refractivity contribution in [2.45, 2.75) is 12.1 Å². The molecular weight excluding hydrogens is 328 g/mol. The Morgan fingerprint density at radius 3 is 1.12 bits per heavy atom. The van der Waals surface area contributed by atoms with Crippen LogP contribution in [0.3, 0.4) is 0 Å². The molecule has 0 aromatic heterocycles. The average Bonchev–Trinajstić information content (AvgIpc) is 2.70. The molecule has 0 aliphatic carbocycles. The maximum Gasteiger partial charge on any atom is 0.242 e. The number of rotatable bonds is 5. The number of nitriles is 4. The second kappa shape index (κ2) is 9.03. The SMILES string of the molecule is N#CC(C#N)N=Nc1ccc(-c2ccc(N=NC(C#N)C#N)cc2)cc1. The number of nitrogens with zero attached hydrogens (tertiary/aromatic N) is 8. The van der Waals surface area contributed by atoms with Crippen LogP contribution in [0.25, 0.3) is 11.1 Å². The molecule has 2 aromatic rings. The van der Waals surface area contributed by atoms with Crippen LogP contribution >= 0.6 is 0 Å². The summed E-state index contributed by atoms with van der Waals surface area (Å²) in [6, 6.07) is 18.9. The highest BCUT2D eigenvalue weighted by Gasteiger charge is 2.03. The van der Waals surface area contributed by atoms with Gasteiger partial charge in [-0.2, -0.15) is 41.5 Å². The van der Waals surface area contributed by atoms with Crippen LogP contribution in [0.4, 0.5) is 11.4 Å². The molecule has 2 aromatic carbocycles. The van der Waals surface area contributed by atoms with E-state index in [1.807, 2.05) is 24.3 Å². The third-order valence-corrected chi connectivity index (χ3v) is 3.13. The van der Waals surface area contributed by atoms with Crippen molar-refractivity contribution < 1.29 is 0 Å². The molecule has 0 aliphatic rings. The second-order valence-corrected chi connectivity index (χ2v) is 4.85. The lowest BCUT2D eigenvalue weighted by Gasteiger charge is -2.02. The van der Waals surface area contributed by atoms with Crippen molar-refractivity contribution in [1.82, 2.24) is 0 Å². The number of hydrogen-bond donors (Lipinski definition) is 0. The van der Waals surface area contributed by atoms with Crippen molar-refractivity contribution in [3.8, 4) is 35.4 Å². The van der Waals surface area contributed by atoms with Gasteiger partial charge in [0, 0.05) is 0 Å². The maximum atomic E-state index is 8.64. The summed E-state index contributed by atoms with van der Waals surface area (Å²) in [6.45, 7) is 0. The van der Waals surface area contributed by atoms with Crippen molar-refractivity contribution in [3.05, 3.63) is 48.5 Å². The minimum absolute atomic E-state index is 0.536. The van der Waals surface area contributed by atoms with Crippen molar-refractivity contribution in [1.29, 1.82) is 21.0 Å². The number of azo groups is 2. The van der Waals surface area contributed by atoms with E-state index in [2.05, 4.69) is 20.5 Å². The van der Waals surface area contributed by atoms with E-state index in [1.165, 1.54) is 0 Å². The summed E-state index contributed by atoms with van der Waals surface area (Å²) in [4.78, 5) is 0. The monoisotopic (exact) mass is 338 g/mol. The van der Waals surface area contributed by atoms with E-state index in [9.17, 15) is 0 Å². The molecule has 0 heterocycles. The topological polar surface area (TPSA) is 145 Å². The van der Waals surface area contributed by atoms with Gasteiger partial charge in [0.05, 0.1) is 11.4 Å². The van der Waals surface area contributed by atoms with Gasteiger partial charge in [0.2, 0.25) is 12.1 Å². The molecule has 122 valence electrons. The Morgan fingerprint density at radius 2 is 0.846 bits per heavy atom. The second-order valence-electron chi connectivity index (χ2n) is 4.85. The summed E-state index contributed by atoms with van der Waals surface area (Å²) in [5.41, 5.74) is 2.93. The molecule has 0 radical (unpaired) electrons. The Morgan fingerprint density at radius 1 is 0.538 bits per heavy atom. The van der Waals surface area contributed by atoms with Gasteiger partial charge >= 0.3 is 0 Å². The van der Waals surface area contributed by atoms with E-state index in [4.69, 9.17) is 21.0 Å². The van der Waals surface area contributed by atoms with E-state index in [0.29, 0.717) is 11.4 Å². The van der Waals surface area contributed by atoms with Crippen molar-refractivity contribution in [3.63, 3.8) is 0 Å². The molecule has 8 nitrogen and oxygen atoms in total. The van der Waals surface area contributed by atoms with Crippen molar-refractivity contribution in [2.75, 3.05) is 0 Å². The summed E-state index contributed by atoms with van der Waals surface area (Å²) >= 11 is 0. The summed E-state index contributed by atoms with van der Waals surface area (Å²) in [5, 5.41) is 49.5. The summed E-state index contributed by atoms with van der Waals surface area (Å²) in [7, 11) is 0. The van der Waals surface area contributed by atoms with E-state index in [0.717, 1.165) is 11.1 Å². The highest BCUT2D eigenvalue weighted by molar-refractivity contribution is 5.66. The van der Waals surface area contributed by atoms with Gasteiger partial charge in [0.1, 0.15) is 24.3 Å². The third-order valence-electron chi connectivity index (χ3n) is 3.13. The van der Waals surface area contributed by atoms with Gasteiger partial charge in [0.25, 0.3) is 0 Å². The predicted octanol–water partition coefficient (Wildman–Crippen LogP) is 4.35. The molecular formula is C18H10N8. The molecule has 26 heavy (non-hydrogen) atoms. The zero-order valence-electron chi connectivity index (χ0n) is 13.4. The highest BCUT2D eigenvalue weighted by atomic mass is 15.1. The fraction of sp³-hybridized carbons (Fsp3) is 0.111. The van der Waals surface area contributed by atoms with Gasteiger partial charge in [0.15, 0.2) is 0 Å². The molecule has 0 amide bonds. The van der Waals surface area contributed by atoms with E-state index < -0.39 is 12.1 Å². The molecule has 0 saturated carbocycles. The summed E-state index contributed by atoms with van der Waals surface area (Å²) in [5.74, 6) is 0. The quantitative estimate of drug-likeness (QED) is 0.745. The number of hydrogen-bond acceptors (Lipinski definition) is 8. The van der Waals surface area contributed by atoms with Crippen molar-refractivity contribution in [2.24, 2.45) is 20.5 Å². The first-order valence-electron chi connectivity index (χ1n) is 7.31. The minimum Gasteiger partial charge on any atom is -0.195 e. The van der Waals surface area contributed by atoms with Crippen LogP contribution in [0.2, 0.25) is 0 Å². The molecule has 2 rings (SSSR count). The van der Waals surface area contributed by atoms with Crippen LogP contribution in [-0.4, -0.2) is 12.1 Å². The fourth-order valence-corrected chi connectivity index (χ4v) is 1.85. The first-order chi connectivity index (χ1) is 12.7. The Labute approximate surface area is 149 Å². The predicted molar refractivity (Wildman–Crippen MR) is 90.9 cm³/mol. The Balaban J connectivity index is 2.11. The van der Waals surface area contributed by atoms with Gasteiger partial charge < -0.3 is 0 Å². The number of benzene rings is 2. The first kappa shape index (κ1) is 17.9. The summed E-state index contributed by atoms with van der Waals surface area (Å²) in [6.07, 6.45) is 0. The van der Waals surface area contributed by atoms with Gasteiger partial charge in [-0.25, -0.2) is 0 Å². The van der Waals surface area contributed by atoms with Gasteiger partial charge in [-0.15, -0.1) is 0 Å². The molecule has 0 aliphatic heterocycles. The molecule has 0 atom stereocenters. The smallest absolute Gasteiger partial charge is 0.195 e. The third kappa shape index (κ3) is 4.80. The average molecular weight is 338 g/mol. The zero-order chi connectivity index (χ0) is 18.8. The first-order valence-corrected chi connectivity index (χ1v) is 7.31. The van der Waals surface area contributed by atoms with Crippen molar-refractivity contribution >= 4 is 11.4 Å². The molecule has 0 saturated heterocycles. The van der Waals surface area contributed by atoms with Crippen LogP contribution in [0.15, 0.2) is 69.0 Å². The molecule has 0 spiro atoms. The largest absolute Gasteiger partial charge is 0.242 e. The van der Waals surface area contributed by atoms with Crippen LogP contribution in [0, 0.1) is 45.3 Å². The minimum atomic E-state index is -1.11. The Hall–Kier alpha value is -4.40. The van der Waals surface area contributed by atoms with Crippen LogP contribution < -0.4 is 0 Å². The lowest BCUT2D eigenvalue weighted by atomic mass is 10.1. The van der Waals surface area contributed by atoms with Gasteiger partial charge in [-0.3, -0.25) is 0 Å². The molecule has 0 N–H and O–H groups in total. The highest BCUT2D eigenvalue weighted by Crippen LogP contribution is 2.25. The van der Waals surface area contributed by atoms with E-state index in [1.54, 1.807) is 48.5 Å². The lowest BCUT2D eigenvalue weighted by Crippen LogP contribution is -1.92. The normalized spacial score (nSPS) is 10.5. The molecule has 0 fully saturated rings. The molecule has 8 heteroatoms. The van der Waals surface area contributed by atoms with Gasteiger partial charge in [-0.1, -0.05) is 24.3 Å². The van der Waals surface area contributed by atoms with Gasteiger partial charge in [-0.05, 0) is 35.4 Å². The molecule has 0 unspecified atom stereocenters. The van der Waals surface area contributed by atoms with Crippen LogP contribution in [0.1, 0.15) is 0 Å². The van der Waals surface area contributed by atoms with E-state index >= 15 is 0 Å². The Bertz CT molecular complexity index is 865. The lowest BCUT2D eigenvalue weighted by molar-refractivity contribution is 0.949. The zero-order valence-corrected chi connectivity index (χ0v) is 13.4. The maximum absolute atomic E-state index is 8.64. The summed E-state index contributed by atoms with van der Waals surface area (Å²) < 4.78 is 0. The molecule has 0 bridgehead atoms.